The number of nitrogens with one attached hydrogen (secondary N) is 2. The van der Waals surface area contributed by atoms with Crippen molar-refractivity contribution in [1.29, 1.82) is 0 Å². The molecule has 1 fully saturated rings. The van der Waals surface area contributed by atoms with Crippen LogP contribution in [0.25, 0.3) is 11.4 Å². The fraction of sp³-hybridized carbons (Fsp3) is 0.333. The van der Waals surface area contributed by atoms with Gasteiger partial charge in [-0.2, -0.15) is 0 Å². The lowest BCUT2D eigenvalue weighted by molar-refractivity contribution is -0.134. The summed E-state index contributed by atoms with van der Waals surface area (Å²) in [5.74, 6) is -0.347. The molecule has 3 heterocycles. The highest BCUT2D eigenvalue weighted by Crippen LogP contribution is 2.23. The number of hydrogen-bond acceptors (Lipinski definition) is 6. The van der Waals surface area contributed by atoms with Gasteiger partial charge < -0.3 is 10.2 Å². The Morgan fingerprint density at radius 3 is 2.91 bits per heavy atom. The number of thiazole rings is 1. The molecule has 0 aliphatic carbocycles. The molecule has 3 rings (SSSR count). The summed E-state index contributed by atoms with van der Waals surface area (Å²) >= 11 is 1.33. The van der Waals surface area contributed by atoms with Crippen molar-refractivity contribution in [2.24, 2.45) is 0 Å². The van der Waals surface area contributed by atoms with Gasteiger partial charge in [0.05, 0.1) is 17.9 Å². The molecule has 7 nitrogen and oxygen atoms in total. The molecule has 0 radical (unpaired) electrons. The van der Waals surface area contributed by atoms with E-state index in [1.54, 1.807) is 20.0 Å². The van der Waals surface area contributed by atoms with Gasteiger partial charge in [-0.15, -0.1) is 11.3 Å². The molecule has 0 spiro atoms. The maximum Gasteiger partial charge on any atom is 0.245 e. The van der Waals surface area contributed by atoms with Crippen LogP contribution in [-0.4, -0.2) is 45.4 Å². The van der Waals surface area contributed by atoms with Crippen LogP contribution in [-0.2, 0) is 9.59 Å². The molecule has 0 saturated carbocycles. The first-order chi connectivity index (χ1) is 11.0. The van der Waals surface area contributed by atoms with Crippen molar-refractivity contribution in [3.8, 4) is 11.4 Å². The first-order valence-electron chi connectivity index (χ1n) is 7.17. The number of nitrogens with zero attached hydrogens (tertiary/aromatic N) is 3. The van der Waals surface area contributed by atoms with E-state index in [0.29, 0.717) is 17.5 Å². The SMILES string of the molecule is CC1(C)NCN(CC(=O)Nc2nc(-c3ccccn3)cs2)C1=O. The Balaban J connectivity index is 1.61. The van der Waals surface area contributed by atoms with Gasteiger partial charge in [0.25, 0.3) is 0 Å². The molecule has 0 bridgehead atoms. The molecule has 0 unspecified atom stereocenters. The number of carbonyl (C=O) groups excluding carboxylic acids is 2. The topological polar surface area (TPSA) is 87.2 Å². The molecular formula is C15H17N5O2S. The van der Waals surface area contributed by atoms with E-state index in [0.717, 1.165) is 5.69 Å². The van der Waals surface area contributed by atoms with Gasteiger partial charge in [-0.05, 0) is 26.0 Å². The highest BCUT2D eigenvalue weighted by Gasteiger charge is 2.38. The first kappa shape index (κ1) is 15.6. The molecule has 1 aliphatic heterocycles. The second-order valence-corrected chi connectivity index (χ2v) is 6.62. The summed E-state index contributed by atoms with van der Waals surface area (Å²) in [6.45, 7) is 3.98. The van der Waals surface area contributed by atoms with Crippen LogP contribution in [0.1, 0.15) is 13.8 Å². The number of rotatable bonds is 4. The van der Waals surface area contributed by atoms with Gasteiger partial charge in [-0.1, -0.05) is 6.07 Å². The minimum Gasteiger partial charge on any atom is -0.319 e. The summed E-state index contributed by atoms with van der Waals surface area (Å²) in [5, 5.41) is 8.12. The Hall–Kier alpha value is -2.32. The van der Waals surface area contributed by atoms with E-state index in [-0.39, 0.29) is 18.4 Å². The molecule has 2 N–H and O–H groups in total. The third-order valence-corrected chi connectivity index (χ3v) is 4.30. The molecule has 2 amide bonds. The normalized spacial score (nSPS) is 16.6. The molecule has 2 aromatic rings. The van der Waals surface area contributed by atoms with Gasteiger partial charge in [0.2, 0.25) is 11.8 Å². The van der Waals surface area contributed by atoms with Crippen LogP contribution in [0.3, 0.4) is 0 Å². The highest BCUT2D eigenvalue weighted by molar-refractivity contribution is 7.14. The molecule has 2 aromatic heterocycles. The second-order valence-electron chi connectivity index (χ2n) is 5.76. The molecule has 1 aliphatic rings. The zero-order valence-electron chi connectivity index (χ0n) is 12.9. The second kappa shape index (κ2) is 6.05. The third kappa shape index (κ3) is 3.38. The molecular weight excluding hydrogens is 314 g/mol. The van der Waals surface area contributed by atoms with Crippen LogP contribution in [0.4, 0.5) is 5.13 Å². The lowest BCUT2D eigenvalue weighted by Gasteiger charge is -2.17. The van der Waals surface area contributed by atoms with Crippen molar-refractivity contribution < 1.29 is 9.59 Å². The van der Waals surface area contributed by atoms with Crippen molar-refractivity contribution >= 4 is 28.3 Å². The molecule has 1 saturated heterocycles. The fourth-order valence-corrected chi connectivity index (χ4v) is 2.98. The lowest BCUT2D eigenvalue weighted by Crippen LogP contribution is -2.41. The average molecular weight is 331 g/mol. The number of hydrogen-bond donors (Lipinski definition) is 2. The highest BCUT2D eigenvalue weighted by atomic mass is 32.1. The van der Waals surface area contributed by atoms with E-state index in [1.807, 2.05) is 23.6 Å². The summed E-state index contributed by atoms with van der Waals surface area (Å²) in [6.07, 6.45) is 1.70. The minimum absolute atomic E-state index is 0.00770. The van der Waals surface area contributed by atoms with Crippen LogP contribution in [0, 0.1) is 0 Å². The zero-order chi connectivity index (χ0) is 16.4. The van der Waals surface area contributed by atoms with Crippen molar-refractivity contribution in [2.75, 3.05) is 18.5 Å². The fourth-order valence-electron chi connectivity index (χ4n) is 2.26. The van der Waals surface area contributed by atoms with E-state index in [4.69, 9.17) is 0 Å². The van der Waals surface area contributed by atoms with E-state index in [2.05, 4.69) is 20.6 Å². The lowest BCUT2D eigenvalue weighted by atomic mass is 10.1. The van der Waals surface area contributed by atoms with Crippen molar-refractivity contribution in [3.05, 3.63) is 29.8 Å². The van der Waals surface area contributed by atoms with Gasteiger partial charge in [-0.25, -0.2) is 4.98 Å². The summed E-state index contributed by atoms with van der Waals surface area (Å²) in [4.78, 5) is 34.2. The molecule has 23 heavy (non-hydrogen) atoms. The van der Waals surface area contributed by atoms with Gasteiger partial charge in [0.15, 0.2) is 5.13 Å². The average Bonchev–Trinajstić information content (AvgIpc) is 3.08. The Labute approximate surface area is 137 Å². The van der Waals surface area contributed by atoms with Gasteiger partial charge in [0, 0.05) is 11.6 Å². The smallest absolute Gasteiger partial charge is 0.245 e. The van der Waals surface area contributed by atoms with E-state index >= 15 is 0 Å². The monoisotopic (exact) mass is 331 g/mol. The number of carbonyl (C=O) groups is 2. The predicted octanol–water partition coefficient (Wildman–Crippen LogP) is 1.31. The summed E-state index contributed by atoms with van der Waals surface area (Å²) in [7, 11) is 0. The predicted molar refractivity (Wildman–Crippen MR) is 87.8 cm³/mol. The molecule has 8 heteroatoms. The maximum atomic E-state index is 12.1. The van der Waals surface area contributed by atoms with E-state index < -0.39 is 5.54 Å². The molecule has 120 valence electrons. The Morgan fingerprint density at radius 1 is 1.43 bits per heavy atom. The van der Waals surface area contributed by atoms with Gasteiger partial charge >= 0.3 is 0 Å². The summed E-state index contributed by atoms with van der Waals surface area (Å²) in [6, 6.07) is 5.58. The number of pyridine rings is 1. The van der Waals surface area contributed by atoms with E-state index in [9.17, 15) is 9.59 Å². The van der Waals surface area contributed by atoms with Crippen LogP contribution in [0.5, 0.6) is 0 Å². The zero-order valence-corrected chi connectivity index (χ0v) is 13.7. The van der Waals surface area contributed by atoms with Crippen molar-refractivity contribution in [2.45, 2.75) is 19.4 Å². The standard InChI is InChI=1S/C15H17N5O2S/c1-15(2)13(22)20(9-17-15)7-12(21)19-14-18-11(8-23-14)10-5-3-4-6-16-10/h3-6,8,17H,7,9H2,1-2H3,(H,18,19,21). The maximum absolute atomic E-state index is 12.1. The Morgan fingerprint density at radius 2 is 2.26 bits per heavy atom. The largest absolute Gasteiger partial charge is 0.319 e. The van der Waals surface area contributed by atoms with Crippen LogP contribution in [0.2, 0.25) is 0 Å². The molecule has 0 atom stereocenters. The van der Waals surface area contributed by atoms with Crippen LogP contribution in [0.15, 0.2) is 29.8 Å². The first-order valence-corrected chi connectivity index (χ1v) is 8.05. The summed E-state index contributed by atoms with van der Waals surface area (Å²) in [5.41, 5.74) is 0.851. The van der Waals surface area contributed by atoms with Crippen LogP contribution < -0.4 is 10.6 Å². The Bertz CT molecular complexity index is 728. The third-order valence-electron chi connectivity index (χ3n) is 3.55. The number of aromatic nitrogens is 2. The number of anilines is 1. The quantitative estimate of drug-likeness (QED) is 0.882. The number of amides is 2. The van der Waals surface area contributed by atoms with Gasteiger partial charge in [-0.3, -0.25) is 19.9 Å². The Kier molecular flexibility index (Phi) is 4.10. The van der Waals surface area contributed by atoms with Gasteiger partial charge in [0.1, 0.15) is 12.2 Å². The van der Waals surface area contributed by atoms with Crippen molar-refractivity contribution in [3.63, 3.8) is 0 Å². The minimum atomic E-state index is -0.617. The van der Waals surface area contributed by atoms with Crippen LogP contribution >= 0.6 is 11.3 Å². The van der Waals surface area contributed by atoms with E-state index in [1.165, 1.54) is 16.2 Å². The molecule has 0 aromatic carbocycles. The summed E-state index contributed by atoms with van der Waals surface area (Å²) < 4.78 is 0. The van der Waals surface area contributed by atoms with Crippen molar-refractivity contribution in [1.82, 2.24) is 20.2 Å².